The van der Waals surface area contributed by atoms with E-state index < -0.39 is 10.0 Å². The van der Waals surface area contributed by atoms with E-state index in [1.807, 2.05) is 0 Å². The number of amides is 1. The Morgan fingerprint density at radius 1 is 1.35 bits per heavy atom. The molecule has 0 radical (unpaired) electrons. The number of hydrogen-bond acceptors (Lipinski definition) is 4. The summed E-state index contributed by atoms with van der Waals surface area (Å²) in [6.07, 6.45) is 2.64. The van der Waals surface area contributed by atoms with Crippen molar-refractivity contribution in [2.75, 3.05) is 26.2 Å². The van der Waals surface area contributed by atoms with Gasteiger partial charge in [-0.1, -0.05) is 0 Å². The molecular formula is C9H14N4O3S. The van der Waals surface area contributed by atoms with Crippen molar-refractivity contribution >= 4 is 15.9 Å². The SMILES string of the molecule is CC(=O)N1CCN(S(=O)(=O)c2cn[nH]c2)CC1. The van der Waals surface area contributed by atoms with Crippen LogP contribution in [0.2, 0.25) is 0 Å². The number of piperazine rings is 1. The molecule has 2 heterocycles. The molecule has 0 saturated carbocycles. The number of sulfonamides is 1. The monoisotopic (exact) mass is 258 g/mol. The van der Waals surface area contributed by atoms with Crippen molar-refractivity contribution in [1.29, 1.82) is 0 Å². The largest absolute Gasteiger partial charge is 0.340 e. The first kappa shape index (κ1) is 12.1. The number of hydrogen-bond donors (Lipinski definition) is 1. The molecule has 17 heavy (non-hydrogen) atoms. The van der Waals surface area contributed by atoms with Gasteiger partial charge in [-0.15, -0.1) is 0 Å². The highest BCUT2D eigenvalue weighted by molar-refractivity contribution is 7.89. The third kappa shape index (κ3) is 2.32. The summed E-state index contributed by atoms with van der Waals surface area (Å²) in [6, 6.07) is 0. The van der Waals surface area contributed by atoms with E-state index in [9.17, 15) is 13.2 Å². The summed E-state index contributed by atoms with van der Waals surface area (Å²) < 4.78 is 25.5. The quantitative estimate of drug-likeness (QED) is 0.757. The maximum absolute atomic E-state index is 12.1. The molecule has 1 aromatic rings. The van der Waals surface area contributed by atoms with Crippen molar-refractivity contribution in [2.24, 2.45) is 0 Å². The molecule has 7 nitrogen and oxygen atoms in total. The summed E-state index contributed by atoms with van der Waals surface area (Å²) in [6.45, 7) is 3.01. The van der Waals surface area contributed by atoms with Crippen molar-refractivity contribution in [3.8, 4) is 0 Å². The van der Waals surface area contributed by atoms with Crippen LogP contribution in [0.1, 0.15) is 6.92 Å². The van der Waals surface area contributed by atoms with Gasteiger partial charge >= 0.3 is 0 Å². The van der Waals surface area contributed by atoms with Gasteiger partial charge in [0.1, 0.15) is 4.90 Å². The van der Waals surface area contributed by atoms with E-state index in [-0.39, 0.29) is 10.8 Å². The average Bonchev–Trinajstić information content (AvgIpc) is 2.83. The number of aromatic nitrogens is 2. The number of carbonyl (C=O) groups excluding carboxylic acids is 1. The van der Waals surface area contributed by atoms with E-state index in [0.717, 1.165) is 0 Å². The van der Waals surface area contributed by atoms with Crippen LogP contribution in [0.25, 0.3) is 0 Å². The van der Waals surface area contributed by atoms with E-state index >= 15 is 0 Å². The molecule has 0 aromatic carbocycles. The molecule has 2 rings (SSSR count). The van der Waals surface area contributed by atoms with E-state index in [1.54, 1.807) is 4.90 Å². The lowest BCUT2D eigenvalue weighted by Crippen LogP contribution is -2.49. The van der Waals surface area contributed by atoms with E-state index in [0.29, 0.717) is 26.2 Å². The zero-order chi connectivity index (χ0) is 12.5. The predicted octanol–water partition coefficient (Wildman–Crippen LogP) is -0.737. The van der Waals surface area contributed by atoms with E-state index in [2.05, 4.69) is 10.2 Å². The van der Waals surface area contributed by atoms with Crippen molar-refractivity contribution in [2.45, 2.75) is 11.8 Å². The van der Waals surface area contributed by atoms with Crippen LogP contribution in [0.3, 0.4) is 0 Å². The second kappa shape index (κ2) is 4.46. The molecule has 1 fully saturated rings. The predicted molar refractivity (Wildman–Crippen MR) is 59.6 cm³/mol. The Bertz CT molecular complexity index is 488. The van der Waals surface area contributed by atoms with Crippen LogP contribution >= 0.6 is 0 Å². The number of aromatic amines is 1. The van der Waals surface area contributed by atoms with Crippen LogP contribution in [0.5, 0.6) is 0 Å². The maximum Gasteiger partial charge on any atom is 0.246 e. The molecule has 1 aromatic heterocycles. The van der Waals surface area contributed by atoms with Gasteiger partial charge in [-0.3, -0.25) is 9.89 Å². The molecule has 94 valence electrons. The highest BCUT2D eigenvalue weighted by Gasteiger charge is 2.29. The molecule has 1 N–H and O–H groups in total. The first-order chi connectivity index (χ1) is 8.01. The molecule has 0 spiro atoms. The second-order valence-electron chi connectivity index (χ2n) is 3.84. The zero-order valence-corrected chi connectivity index (χ0v) is 10.3. The maximum atomic E-state index is 12.1. The van der Waals surface area contributed by atoms with Crippen LogP contribution in [0.15, 0.2) is 17.3 Å². The molecule has 8 heteroatoms. The second-order valence-corrected chi connectivity index (χ2v) is 5.78. The fourth-order valence-corrected chi connectivity index (χ4v) is 3.10. The average molecular weight is 258 g/mol. The third-order valence-electron chi connectivity index (χ3n) is 2.79. The Labute approximate surface area is 99.5 Å². The van der Waals surface area contributed by atoms with E-state index in [1.165, 1.54) is 23.6 Å². The Kier molecular flexibility index (Phi) is 3.16. The van der Waals surface area contributed by atoms with Gasteiger partial charge in [-0.2, -0.15) is 9.40 Å². The van der Waals surface area contributed by atoms with E-state index in [4.69, 9.17) is 0 Å². The Morgan fingerprint density at radius 3 is 2.47 bits per heavy atom. The lowest BCUT2D eigenvalue weighted by molar-refractivity contribution is -0.129. The highest BCUT2D eigenvalue weighted by atomic mass is 32.2. The highest BCUT2D eigenvalue weighted by Crippen LogP contribution is 2.15. The number of H-pyrrole nitrogens is 1. The zero-order valence-electron chi connectivity index (χ0n) is 9.46. The molecule has 1 saturated heterocycles. The minimum atomic E-state index is -3.47. The van der Waals surface area contributed by atoms with Crippen molar-refractivity contribution in [3.63, 3.8) is 0 Å². The van der Waals surface area contributed by atoms with Gasteiger partial charge in [-0.05, 0) is 0 Å². The molecule has 0 bridgehead atoms. The van der Waals surface area contributed by atoms with Gasteiger partial charge in [0.25, 0.3) is 0 Å². The van der Waals surface area contributed by atoms with Crippen molar-refractivity contribution < 1.29 is 13.2 Å². The molecule has 0 unspecified atom stereocenters. The van der Waals surface area contributed by atoms with Crippen LogP contribution in [0, 0.1) is 0 Å². The fraction of sp³-hybridized carbons (Fsp3) is 0.556. The van der Waals surface area contributed by atoms with Crippen LogP contribution in [-0.4, -0.2) is 59.9 Å². The van der Waals surface area contributed by atoms with Crippen LogP contribution in [-0.2, 0) is 14.8 Å². The van der Waals surface area contributed by atoms with Crippen molar-refractivity contribution in [3.05, 3.63) is 12.4 Å². The fourth-order valence-electron chi connectivity index (χ4n) is 1.77. The normalized spacial score (nSPS) is 18.3. The smallest absolute Gasteiger partial charge is 0.246 e. The van der Waals surface area contributed by atoms with Gasteiger partial charge in [0.2, 0.25) is 15.9 Å². The van der Waals surface area contributed by atoms with Gasteiger partial charge in [-0.25, -0.2) is 8.42 Å². The minimum absolute atomic E-state index is 0.0228. The number of rotatable bonds is 2. The molecular weight excluding hydrogens is 244 g/mol. The molecule has 1 aliphatic rings. The summed E-state index contributed by atoms with van der Waals surface area (Å²) >= 11 is 0. The number of nitrogens with one attached hydrogen (secondary N) is 1. The summed E-state index contributed by atoms with van der Waals surface area (Å²) in [7, 11) is -3.47. The number of carbonyl (C=O) groups is 1. The molecule has 1 aliphatic heterocycles. The van der Waals surface area contributed by atoms with Gasteiger partial charge in [0.05, 0.1) is 6.20 Å². The summed E-state index contributed by atoms with van der Waals surface area (Å²) in [5.74, 6) is -0.0228. The first-order valence-electron chi connectivity index (χ1n) is 5.26. The lowest BCUT2D eigenvalue weighted by atomic mass is 10.3. The standard InChI is InChI=1S/C9H14N4O3S/c1-8(14)12-2-4-13(5-3-12)17(15,16)9-6-10-11-7-9/h6-7H,2-5H2,1H3,(H,10,11). The molecule has 0 atom stereocenters. The first-order valence-corrected chi connectivity index (χ1v) is 6.70. The molecule has 1 amide bonds. The third-order valence-corrected chi connectivity index (χ3v) is 4.66. The Hall–Kier alpha value is -1.41. The van der Waals surface area contributed by atoms with Crippen molar-refractivity contribution in [1.82, 2.24) is 19.4 Å². The summed E-state index contributed by atoms with van der Waals surface area (Å²) in [5, 5.41) is 6.11. The van der Waals surface area contributed by atoms with Gasteiger partial charge in [0.15, 0.2) is 0 Å². The van der Waals surface area contributed by atoms with Crippen LogP contribution < -0.4 is 0 Å². The summed E-state index contributed by atoms with van der Waals surface area (Å²) in [5.41, 5.74) is 0. The minimum Gasteiger partial charge on any atom is -0.340 e. The number of nitrogens with zero attached hydrogens (tertiary/aromatic N) is 3. The van der Waals surface area contributed by atoms with Gasteiger partial charge in [0, 0.05) is 39.3 Å². The summed E-state index contributed by atoms with van der Waals surface area (Å²) in [4.78, 5) is 12.9. The Balaban J connectivity index is 2.09. The van der Waals surface area contributed by atoms with Gasteiger partial charge < -0.3 is 4.90 Å². The Morgan fingerprint density at radius 2 is 2.00 bits per heavy atom. The van der Waals surface area contributed by atoms with Crippen LogP contribution in [0.4, 0.5) is 0 Å². The topological polar surface area (TPSA) is 86.4 Å². The molecule has 0 aliphatic carbocycles. The lowest BCUT2D eigenvalue weighted by Gasteiger charge is -2.33.